The van der Waals surface area contributed by atoms with Crippen LogP contribution in [0, 0.1) is 5.41 Å². The van der Waals surface area contributed by atoms with Gasteiger partial charge in [-0.2, -0.15) is 0 Å². The van der Waals surface area contributed by atoms with Gasteiger partial charge in [0.1, 0.15) is 11.8 Å². The normalized spacial score (nSPS) is 28.4. The lowest BCUT2D eigenvalue weighted by molar-refractivity contribution is -0.0244. The second-order valence-electron chi connectivity index (χ2n) is 11.7. The fourth-order valence-electron chi connectivity index (χ4n) is 6.30. The van der Waals surface area contributed by atoms with Gasteiger partial charge in [0.15, 0.2) is 11.6 Å². The molecule has 1 N–H and O–H groups in total. The summed E-state index contributed by atoms with van der Waals surface area (Å²) in [6.07, 6.45) is 6.30. The Labute approximate surface area is 208 Å². The number of fused-ring (bicyclic) bond motifs is 3. The highest BCUT2D eigenvalue weighted by Crippen LogP contribution is 2.52. The molecule has 3 aliphatic rings. The van der Waals surface area contributed by atoms with Gasteiger partial charge in [0, 0.05) is 47.7 Å². The van der Waals surface area contributed by atoms with Crippen LogP contribution in [0.25, 0.3) is 10.9 Å². The summed E-state index contributed by atoms with van der Waals surface area (Å²) in [6, 6.07) is 8.29. The number of nitrogens with zero attached hydrogens (tertiary/aromatic N) is 2. The summed E-state index contributed by atoms with van der Waals surface area (Å²) >= 11 is 0. The fraction of sp³-hybridized carbons (Fsp3) is 0.586. The van der Waals surface area contributed by atoms with E-state index >= 15 is 8.78 Å². The highest BCUT2D eigenvalue weighted by atomic mass is 19.1. The average molecular weight is 484 g/mol. The molecule has 0 amide bonds. The topological polar surface area (TPSA) is 31.5 Å². The summed E-state index contributed by atoms with van der Waals surface area (Å²) in [5.41, 5.74) is 1.55. The minimum absolute atomic E-state index is 0.0511. The van der Waals surface area contributed by atoms with Crippen molar-refractivity contribution in [2.45, 2.75) is 77.7 Å². The summed E-state index contributed by atoms with van der Waals surface area (Å²) in [5, 5.41) is 1.21. The van der Waals surface area contributed by atoms with Crippen LogP contribution in [0.2, 0.25) is 0 Å². The zero-order valence-corrected chi connectivity index (χ0v) is 21.7. The van der Waals surface area contributed by atoms with Crippen molar-refractivity contribution in [3.63, 3.8) is 0 Å². The SMILES string of the molecule is CCCN1CC(OC2=CCC(C)([C@@H]3c4[nH]c5ccccc5c4C[C@@H](C)N3CC(C)(C)F)C=C2F)C1. The summed E-state index contributed by atoms with van der Waals surface area (Å²) in [6.45, 7) is 12.7. The third-order valence-corrected chi connectivity index (χ3v) is 7.88. The molecule has 0 bridgehead atoms. The molecule has 1 unspecified atom stereocenters. The number of benzene rings is 1. The number of nitrogens with one attached hydrogen (secondary N) is 1. The van der Waals surface area contributed by atoms with Crippen LogP contribution in [-0.4, -0.2) is 58.8 Å². The van der Waals surface area contributed by atoms with Crippen molar-refractivity contribution in [3.8, 4) is 0 Å². The number of hydrogen-bond acceptors (Lipinski definition) is 3. The monoisotopic (exact) mass is 483 g/mol. The van der Waals surface area contributed by atoms with Gasteiger partial charge in [-0.15, -0.1) is 0 Å². The molecule has 0 saturated carbocycles. The van der Waals surface area contributed by atoms with Gasteiger partial charge in [-0.05, 0) is 70.4 Å². The van der Waals surface area contributed by atoms with Crippen LogP contribution in [0.3, 0.4) is 0 Å². The number of aromatic amines is 1. The molecule has 1 aliphatic carbocycles. The van der Waals surface area contributed by atoms with Gasteiger partial charge in [-0.1, -0.05) is 32.0 Å². The Kier molecular flexibility index (Phi) is 6.33. The second-order valence-corrected chi connectivity index (χ2v) is 11.7. The molecular formula is C29H39F2N3O. The van der Waals surface area contributed by atoms with E-state index in [0.29, 0.717) is 18.7 Å². The molecule has 3 heterocycles. The number of halogens is 2. The fourth-order valence-corrected chi connectivity index (χ4v) is 6.30. The molecule has 5 rings (SSSR count). The number of hydrogen-bond donors (Lipinski definition) is 1. The maximum absolute atomic E-state index is 15.6. The van der Waals surface area contributed by atoms with E-state index in [1.807, 2.05) is 12.1 Å². The number of ether oxygens (including phenoxy) is 1. The van der Waals surface area contributed by atoms with Gasteiger partial charge in [0.25, 0.3) is 0 Å². The van der Waals surface area contributed by atoms with E-state index in [4.69, 9.17) is 4.74 Å². The minimum Gasteiger partial charge on any atom is -0.485 e. The third kappa shape index (κ3) is 4.67. The van der Waals surface area contributed by atoms with Crippen LogP contribution in [0.4, 0.5) is 8.78 Å². The third-order valence-electron chi connectivity index (χ3n) is 7.88. The highest BCUT2D eigenvalue weighted by Gasteiger charge is 2.47. The Morgan fingerprint density at radius 1 is 1.23 bits per heavy atom. The van der Waals surface area contributed by atoms with Gasteiger partial charge in [0.2, 0.25) is 0 Å². The summed E-state index contributed by atoms with van der Waals surface area (Å²) < 4.78 is 36.6. The molecule has 1 fully saturated rings. The Bertz CT molecular complexity index is 1140. The van der Waals surface area contributed by atoms with Gasteiger partial charge in [-0.3, -0.25) is 9.80 Å². The Morgan fingerprint density at radius 2 is 1.97 bits per heavy atom. The number of H-pyrrole nitrogens is 1. The first-order valence-electron chi connectivity index (χ1n) is 13.1. The molecule has 4 nitrogen and oxygen atoms in total. The number of rotatable bonds is 7. The predicted molar refractivity (Wildman–Crippen MR) is 138 cm³/mol. The first-order valence-corrected chi connectivity index (χ1v) is 13.1. The van der Waals surface area contributed by atoms with Crippen LogP contribution >= 0.6 is 0 Å². The second kappa shape index (κ2) is 9.04. The Balaban J connectivity index is 1.47. The molecule has 190 valence electrons. The lowest BCUT2D eigenvalue weighted by atomic mass is 9.71. The van der Waals surface area contributed by atoms with E-state index in [9.17, 15) is 0 Å². The van der Waals surface area contributed by atoms with Gasteiger partial charge < -0.3 is 9.72 Å². The van der Waals surface area contributed by atoms with Crippen molar-refractivity contribution >= 4 is 10.9 Å². The number of allylic oxidation sites excluding steroid dienone is 2. The highest BCUT2D eigenvalue weighted by molar-refractivity contribution is 5.85. The van der Waals surface area contributed by atoms with E-state index in [1.165, 1.54) is 10.9 Å². The van der Waals surface area contributed by atoms with Crippen LogP contribution < -0.4 is 0 Å². The van der Waals surface area contributed by atoms with Crippen LogP contribution in [-0.2, 0) is 11.2 Å². The molecule has 0 spiro atoms. The Morgan fingerprint density at radius 3 is 2.66 bits per heavy atom. The lowest BCUT2D eigenvalue weighted by Crippen LogP contribution is -2.52. The summed E-state index contributed by atoms with van der Waals surface area (Å²) in [5.74, 6) is 0.0600. The van der Waals surface area contributed by atoms with Crippen LogP contribution in [0.15, 0.2) is 48.0 Å². The largest absolute Gasteiger partial charge is 0.485 e. The van der Waals surface area contributed by atoms with Gasteiger partial charge in [0.05, 0.1) is 6.04 Å². The molecule has 1 saturated heterocycles. The molecule has 2 aromatic rings. The van der Waals surface area contributed by atoms with Crippen molar-refractivity contribution in [3.05, 3.63) is 59.3 Å². The summed E-state index contributed by atoms with van der Waals surface area (Å²) in [7, 11) is 0. The summed E-state index contributed by atoms with van der Waals surface area (Å²) in [4.78, 5) is 8.22. The number of likely N-dealkylation sites (tertiary alicyclic amines) is 1. The van der Waals surface area contributed by atoms with E-state index in [0.717, 1.165) is 43.7 Å². The molecule has 1 aromatic carbocycles. The maximum atomic E-state index is 15.6. The number of alkyl halides is 1. The quantitative estimate of drug-likeness (QED) is 0.490. The average Bonchev–Trinajstić information content (AvgIpc) is 3.11. The number of para-hydroxylation sites is 1. The molecular weight excluding hydrogens is 444 g/mol. The zero-order chi connectivity index (χ0) is 25.0. The first kappa shape index (κ1) is 24.5. The van der Waals surface area contributed by atoms with Gasteiger partial charge in [-0.25, -0.2) is 8.78 Å². The van der Waals surface area contributed by atoms with Crippen molar-refractivity contribution in [2.24, 2.45) is 5.41 Å². The van der Waals surface area contributed by atoms with Crippen molar-refractivity contribution in [2.75, 3.05) is 26.2 Å². The van der Waals surface area contributed by atoms with Crippen LogP contribution in [0.5, 0.6) is 0 Å². The van der Waals surface area contributed by atoms with Crippen molar-refractivity contribution in [1.82, 2.24) is 14.8 Å². The minimum atomic E-state index is -1.36. The predicted octanol–water partition coefficient (Wildman–Crippen LogP) is 6.46. The molecule has 2 aliphatic heterocycles. The smallest absolute Gasteiger partial charge is 0.161 e. The maximum Gasteiger partial charge on any atom is 0.161 e. The van der Waals surface area contributed by atoms with Crippen molar-refractivity contribution < 1.29 is 13.5 Å². The van der Waals surface area contributed by atoms with E-state index in [1.54, 1.807) is 19.9 Å². The van der Waals surface area contributed by atoms with E-state index in [-0.39, 0.29) is 24.0 Å². The lowest BCUT2D eigenvalue weighted by Gasteiger charge is -2.50. The van der Waals surface area contributed by atoms with Gasteiger partial charge >= 0.3 is 0 Å². The molecule has 35 heavy (non-hydrogen) atoms. The van der Waals surface area contributed by atoms with Crippen molar-refractivity contribution in [1.29, 1.82) is 0 Å². The standard InChI is InChI=1S/C29H39F2N3O/c1-6-13-33-16-20(17-33)35-25-11-12-29(5,15-23(25)30)27-26-22(21-9-7-8-10-24(21)32-26)14-19(2)34(27)18-28(3,4)31/h7-11,15,19-20,27,32H,6,12-14,16-18H2,1-5H3/t19-,27+,29?/m1/s1. The molecule has 3 atom stereocenters. The molecule has 0 radical (unpaired) electrons. The zero-order valence-electron chi connectivity index (χ0n) is 21.7. The van der Waals surface area contributed by atoms with Crippen LogP contribution in [0.1, 0.15) is 64.8 Å². The van der Waals surface area contributed by atoms with E-state index < -0.39 is 11.1 Å². The molecule has 6 heteroatoms. The first-order chi connectivity index (χ1) is 16.6. The van der Waals surface area contributed by atoms with E-state index in [2.05, 4.69) is 53.8 Å². The number of aromatic nitrogens is 1. The molecule has 1 aromatic heterocycles. The Hall–Kier alpha value is -2.18.